The van der Waals surface area contributed by atoms with E-state index < -0.39 is 0 Å². The number of hydrogen-bond acceptors (Lipinski definition) is 4. The third-order valence-corrected chi connectivity index (χ3v) is 12.5. The molecule has 0 amide bonds. The van der Waals surface area contributed by atoms with E-state index in [9.17, 15) is 0 Å². The quantitative estimate of drug-likeness (QED) is 0.177. The normalized spacial score (nSPS) is 19.4. The van der Waals surface area contributed by atoms with Gasteiger partial charge in [-0.2, -0.15) is 0 Å². The fourth-order valence-corrected chi connectivity index (χ4v) is 8.29. The van der Waals surface area contributed by atoms with E-state index in [1.54, 1.807) is 0 Å². The van der Waals surface area contributed by atoms with E-state index in [1.165, 1.54) is 23.9 Å². The molecule has 1 aliphatic carbocycles. The molecule has 35 heavy (non-hydrogen) atoms. The first-order valence-electron chi connectivity index (χ1n) is 10.4. The molecule has 2 aromatic rings. The Hall–Kier alpha value is 1.96. The van der Waals surface area contributed by atoms with Gasteiger partial charge in [-0.1, -0.05) is 142 Å². The summed E-state index contributed by atoms with van der Waals surface area (Å²) in [7, 11) is 0. The zero-order valence-electron chi connectivity index (χ0n) is 17.7. The average molecular weight is 717 g/mol. The van der Waals surface area contributed by atoms with Gasteiger partial charge in [0.1, 0.15) is 0 Å². The fraction of sp³-hybridized carbons (Fsp3) is 0.429. The molecule has 1 fully saturated rings. The van der Waals surface area contributed by atoms with Crippen LogP contribution in [0.3, 0.4) is 0 Å². The highest BCUT2D eigenvalue weighted by Crippen LogP contribution is 2.48. The minimum Gasteiger partial charge on any atom is -0.257 e. The molecule has 0 spiro atoms. The van der Waals surface area contributed by atoms with Crippen LogP contribution in [0.4, 0.5) is 0 Å². The fourth-order valence-electron chi connectivity index (χ4n) is 3.56. The molecule has 2 atom stereocenters. The van der Waals surface area contributed by atoms with Crippen molar-refractivity contribution in [2.45, 2.75) is 66.8 Å². The van der Waals surface area contributed by atoms with Gasteiger partial charge in [-0.05, 0) is 43.2 Å². The van der Waals surface area contributed by atoms with Crippen molar-refractivity contribution in [3.05, 3.63) is 50.2 Å². The Balaban J connectivity index is 1.74. The highest BCUT2D eigenvalue weighted by Gasteiger charge is 2.25. The van der Waals surface area contributed by atoms with E-state index in [0.29, 0.717) is 9.79 Å². The minimum atomic E-state index is 0.135. The smallest absolute Gasteiger partial charge is 0.0809 e. The lowest BCUT2D eigenvalue weighted by molar-refractivity contribution is 0.448. The molecule has 194 valence electrons. The molecule has 1 saturated carbocycles. The second-order valence-corrected chi connectivity index (χ2v) is 13.3. The molecular formula is C21H18Cl10N2S2. The molecule has 0 heterocycles. The third-order valence-electron chi connectivity index (χ3n) is 5.42. The van der Waals surface area contributed by atoms with Gasteiger partial charge in [0, 0.05) is 12.1 Å². The van der Waals surface area contributed by atoms with Gasteiger partial charge < -0.3 is 0 Å². The number of benzene rings is 2. The highest BCUT2D eigenvalue weighted by molar-refractivity contribution is 7.98. The van der Waals surface area contributed by atoms with Crippen molar-refractivity contribution in [1.29, 1.82) is 0 Å². The van der Waals surface area contributed by atoms with Crippen molar-refractivity contribution in [2.24, 2.45) is 0 Å². The molecule has 2 N–H and O–H groups in total. The summed E-state index contributed by atoms with van der Waals surface area (Å²) in [6, 6.07) is 0.305. The Bertz CT molecular complexity index is 944. The van der Waals surface area contributed by atoms with E-state index >= 15 is 0 Å². The van der Waals surface area contributed by atoms with Crippen molar-refractivity contribution in [2.75, 3.05) is 0 Å². The summed E-state index contributed by atoms with van der Waals surface area (Å²) >= 11 is 65.3. The molecule has 0 radical (unpaired) electrons. The van der Waals surface area contributed by atoms with Crippen LogP contribution >= 0.6 is 140 Å². The van der Waals surface area contributed by atoms with Crippen LogP contribution in [0.25, 0.3) is 0 Å². The maximum atomic E-state index is 6.40. The monoisotopic (exact) mass is 712 g/mol. The van der Waals surface area contributed by atoms with Gasteiger partial charge in [0.05, 0.1) is 60.0 Å². The van der Waals surface area contributed by atoms with Crippen molar-refractivity contribution >= 4 is 140 Å². The van der Waals surface area contributed by atoms with Gasteiger partial charge in [-0.15, -0.1) is 0 Å². The predicted octanol–water partition coefficient (Wildman–Crippen LogP) is 12.6. The van der Waals surface area contributed by atoms with E-state index in [2.05, 4.69) is 9.44 Å². The molecule has 3 rings (SSSR count). The molecule has 2 aromatic carbocycles. The Morgan fingerprint density at radius 2 is 0.714 bits per heavy atom. The molecule has 0 aromatic heterocycles. The standard InChI is InChI=1S/C21H18Cl10N2S2/c22-10-12(24)16(28)20(17(29)13(10)25)34-32-8-5-3-1-2-4-6-9(7-8)33-35-21-18(30)14(26)11(23)15(27)19(21)31/h8-9,32-33H,1-7H2. The first kappa shape index (κ1) is 31.5. The summed E-state index contributed by atoms with van der Waals surface area (Å²) in [5.41, 5.74) is 0. The number of nitrogens with one attached hydrogen (secondary N) is 2. The summed E-state index contributed by atoms with van der Waals surface area (Å²) in [4.78, 5) is 1.08. The topological polar surface area (TPSA) is 24.1 Å². The Morgan fingerprint density at radius 1 is 0.429 bits per heavy atom. The zero-order valence-corrected chi connectivity index (χ0v) is 26.9. The van der Waals surface area contributed by atoms with Crippen LogP contribution in [0.15, 0.2) is 9.79 Å². The Labute approximate surface area is 263 Å². The van der Waals surface area contributed by atoms with Gasteiger partial charge in [0.2, 0.25) is 0 Å². The minimum absolute atomic E-state index is 0.135. The molecular weight excluding hydrogens is 699 g/mol. The Morgan fingerprint density at radius 3 is 1.03 bits per heavy atom. The maximum absolute atomic E-state index is 6.40. The van der Waals surface area contributed by atoms with Crippen molar-refractivity contribution in [1.82, 2.24) is 9.44 Å². The van der Waals surface area contributed by atoms with Crippen LogP contribution in [-0.4, -0.2) is 12.1 Å². The third kappa shape index (κ3) is 7.79. The maximum Gasteiger partial charge on any atom is 0.0809 e. The Kier molecular flexibility index (Phi) is 13.1. The van der Waals surface area contributed by atoms with E-state index in [-0.39, 0.29) is 62.3 Å². The van der Waals surface area contributed by atoms with Crippen LogP contribution < -0.4 is 9.44 Å². The molecule has 2 unspecified atom stereocenters. The van der Waals surface area contributed by atoms with Crippen LogP contribution in [-0.2, 0) is 0 Å². The van der Waals surface area contributed by atoms with Crippen LogP contribution in [0.2, 0.25) is 50.2 Å². The van der Waals surface area contributed by atoms with E-state index in [4.69, 9.17) is 116 Å². The van der Waals surface area contributed by atoms with Gasteiger partial charge in [-0.25, -0.2) is 0 Å². The van der Waals surface area contributed by atoms with Crippen molar-refractivity contribution < 1.29 is 0 Å². The van der Waals surface area contributed by atoms with Crippen LogP contribution in [0.5, 0.6) is 0 Å². The number of hydrogen-bond donors (Lipinski definition) is 2. The largest absolute Gasteiger partial charge is 0.257 e. The SMILES string of the molecule is Clc1c(Cl)c(Cl)c(SNC2CCCCCCC(NSc3c(Cl)c(Cl)c(Cl)c(Cl)c3Cl)C2)c(Cl)c1Cl. The number of halogens is 10. The van der Waals surface area contributed by atoms with Crippen molar-refractivity contribution in [3.63, 3.8) is 0 Å². The second-order valence-electron chi connectivity index (χ2n) is 7.86. The zero-order chi connectivity index (χ0) is 25.9. The lowest BCUT2D eigenvalue weighted by Crippen LogP contribution is -2.33. The number of rotatable bonds is 6. The summed E-state index contributed by atoms with van der Waals surface area (Å²) < 4.78 is 6.98. The van der Waals surface area contributed by atoms with Crippen LogP contribution in [0.1, 0.15) is 44.9 Å². The first-order chi connectivity index (χ1) is 16.5. The molecule has 0 aliphatic heterocycles. The second kappa shape index (κ2) is 14.6. The summed E-state index contributed by atoms with van der Waals surface area (Å²) in [5.74, 6) is 0. The van der Waals surface area contributed by atoms with Gasteiger partial charge in [-0.3, -0.25) is 9.44 Å². The lowest BCUT2D eigenvalue weighted by atomic mass is 10.0. The summed E-state index contributed by atoms with van der Waals surface area (Å²) in [6.07, 6.45) is 7.28. The molecule has 2 nitrogen and oxygen atoms in total. The lowest BCUT2D eigenvalue weighted by Gasteiger charge is -2.25. The van der Waals surface area contributed by atoms with Gasteiger partial charge in [0.15, 0.2) is 0 Å². The van der Waals surface area contributed by atoms with Crippen LogP contribution in [0, 0.1) is 0 Å². The average Bonchev–Trinajstić information content (AvgIpc) is 2.96. The van der Waals surface area contributed by atoms with E-state index in [1.807, 2.05) is 0 Å². The first-order valence-corrected chi connectivity index (χ1v) is 15.8. The molecule has 14 heteroatoms. The highest BCUT2D eigenvalue weighted by atomic mass is 35.5. The summed E-state index contributed by atoms with van der Waals surface area (Å²) in [6.45, 7) is 0. The molecule has 0 bridgehead atoms. The molecule has 1 aliphatic rings. The molecule has 0 saturated heterocycles. The van der Waals surface area contributed by atoms with E-state index in [0.717, 1.165) is 44.9 Å². The van der Waals surface area contributed by atoms with Gasteiger partial charge >= 0.3 is 0 Å². The predicted molar refractivity (Wildman–Crippen MR) is 161 cm³/mol. The van der Waals surface area contributed by atoms with Gasteiger partial charge in [0.25, 0.3) is 0 Å². The summed E-state index contributed by atoms with van der Waals surface area (Å²) in [5, 5.41) is 2.01. The van der Waals surface area contributed by atoms with Crippen molar-refractivity contribution in [3.8, 4) is 0 Å².